The van der Waals surface area contributed by atoms with Crippen LogP contribution in [-0.4, -0.2) is 57.5 Å². The third-order valence-corrected chi connectivity index (χ3v) is 6.88. The lowest BCUT2D eigenvalue weighted by molar-refractivity contribution is -0.139. The zero-order valence-corrected chi connectivity index (χ0v) is 18.0. The lowest BCUT2D eigenvalue weighted by atomic mass is 9.81. The summed E-state index contributed by atoms with van der Waals surface area (Å²) in [5.74, 6) is 0.628. The van der Waals surface area contributed by atoms with Gasteiger partial charge in [-0.15, -0.1) is 0 Å². The third-order valence-electron chi connectivity index (χ3n) is 6.88. The molecule has 1 amide bonds. The molecule has 1 saturated carbocycles. The van der Waals surface area contributed by atoms with E-state index in [0.29, 0.717) is 23.5 Å². The summed E-state index contributed by atoms with van der Waals surface area (Å²) in [5, 5.41) is 0.543. The fourth-order valence-electron chi connectivity index (χ4n) is 4.93. The Balaban J connectivity index is 1.35. The van der Waals surface area contributed by atoms with E-state index in [4.69, 9.17) is 0 Å². The van der Waals surface area contributed by atoms with E-state index in [-0.39, 0.29) is 29.0 Å². The number of H-pyrrole nitrogens is 1. The first-order chi connectivity index (χ1) is 14.4. The number of para-hydroxylation sites is 1. The molecule has 7 nitrogen and oxygen atoms in total. The van der Waals surface area contributed by atoms with Crippen LogP contribution in [0.2, 0.25) is 0 Å². The summed E-state index contributed by atoms with van der Waals surface area (Å²) in [6.45, 7) is 8.36. The number of nitrogens with one attached hydrogen (secondary N) is 1. The summed E-state index contributed by atoms with van der Waals surface area (Å²) in [5.41, 5.74) is 0.00566. The van der Waals surface area contributed by atoms with Gasteiger partial charge in [-0.25, -0.2) is 4.79 Å². The number of amides is 1. The van der Waals surface area contributed by atoms with Gasteiger partial charge in [-0.3, -0.25) is 19.1 Å². The molecule has 1 aromatic carbocycles. The summed E-state index contributed by atoms with van der Waals surface area (Å²) < 4.78 is 1.33. The van der Waals surface area contributed by atoms with E-state index < -0.39 is 0 Å². The van der Waals surface area contributed by atoms with Gasteiger partial charge in [0.2, 0.25) is 5.91 Å². The number of benzene rings is 1. The van der Waals surface area contributed by atoms with E-state index in [9.17, 15) is 14.4 Å². The molecular formula is C23H32N4O3. The van der Waals surface area contributed by atoms with Crippen LogP contribution in [0.4, 0.5) is 0 Å². The van der Waals surface area contributed by atoms with Crippen LogP contribution in [0.5, 0.6) is 0 Å². The van der Waals surface area contributed by atoms with Crippen molar-refractivity contribution in [2.75, 3.05) is 26.2 Å². The van der Waals surface area contributed by atoms with Gasteiger partial charge < -0.3 is 9.88 Å². The predicted molar refractivity (Wildman–Crippen MR) is 118 cm³/mol. The van der Waals surface area contributed by atoms with Crippen LogP contribution in [0.3, 0.4) is 0 Å². The van der Waals surface area contributed by atoms with Crippen molar-refractivity contribution in [2.45, 2.75) is 52.1 Å². The van der Waals surface area contributed by atoms with Crippen molar-refractivity contribution >= 4 is 16.8 Å². The normalized spacial score (nSPS) is 23.2. The van der Waals surface area contributed by atoms with Gasteiger partial charge in [0.25, 0.3) is 5.56 Å². The summed E-state index contributed by atoms with van der Waals surface area (Å²) in [4.78, 5) is 45.4. The Morgan fingerprint density at radius 1 is 1.03 bits per heavy atom. The van der Waals surface area contributed by atoms with Gasteiger partial charge in [-0.2, -0.15) is 0 Å². The van der Waals surface area contributed by atoms with Gasteiger partial charge in [-0.1, -0.05) is 12.1 Å². The van der Waals surface area contributed by atoms with Crippen molar-refractivity contribution in [2.24, 2.45) is 11.8 Å². The van der Waals surface area contributed by atoms with Gasteiger partial charge >= 0.3 is 5.69 Å². The predicted octanol–water partition coefficient (Wildman–Crippen LogP) is 2.05. The quantitative estimate of drug-likeness (QED) is 0.834. The SMILES string of the molecule is CC(C)N1CCN(C(=O)C2CCC(Cn3c(=O)[nH]c4ccccc4c3=O)CC2)CC1. The molecule has 0 radical (unpaired) electrons. The van der Waals surface area contributed by atoms with Crippen LogP contribution in [-0.2, 0) is 11.3 Å². The molecule has 2 aliphatic rings. The standard InChI is InChI=1S/C23H32N4O3/c1-16(2)25-11-13-26(14-12-25)21(28)18-9-7-17(8-10-18)15-27-22(29)19-5-3-4-6-20(19)24-23(27)30/h3-6,16-18H,7-15H2,1-2H3,(H,24,30). The Morgan fingerprint density at radius 2 is 1.70 bits per heavy atom. The van der Waals surface area contributed by atoms with Crippen molar-refractivity contribution in [3.8, 4) is 0 Å². The fraction of sp³-hybridized carbons (Fsp3) is 0.609. The Morgan fingerprint density at radius 3 is 2.37 bits per heavy atom. The van der Waals surface area contributed by atoms with Gasteiger partial charge in [0.15, 0.2) is 0 Å². The second kappa shape index (κ2) is 8.76. The van der Waals surface area contributed by atoms with Gasteiger partial charge in [0.1, 0.15) is 0 Å². The van der Waals surface area contributed by atoms with Crippen LogP contribution < -0.4 is 11.2 Å². The minimum Gasteiger partial charge on any atom is -0.340 e. The average molecular weight is 413 g/mol. The maximum absolute atomic E-state index is 12.9. The fourth-order valence-corrected chi connectivity index (χ4v) is 4.93. The number of aromatic nitrogens is 2. The highest BCUT2D eigenvalue weighted by molar-refractivity contribution is 5.79. The van der Waals surface area contributed by atoms with Crippen molar-refractivity contribution in [3.05, 3.63) is 45.1 Å². The number of carbonyl (C=O) groups is 1. The van der Waals surface area contributed by atoms with Crippen molar-refractivity contribution in [1.29, 1.82) is 0 Å². The molecule has 0 bridgehead atoms. The van der Waals surface area contributed by atoms with E-state index in [1.54, 1.807) is 12.1 Å². The molecule has 4 rings (SSSR count). The van der Waals surface area contributed by atoms with Crippen molar-refractivity contribution in [1.82, 2.24) is 19.4 Å². The number of hydrogen-bond acceptors (Lipinski definition) is 4. The van der Waals surface area contributed by atoms with E-state index in [1.165, 1.54) is 4.57 Å². The first-order valence-electron chi connectivity index (χ1n) is 11.2. The average Bonchev–Trinajstić information content (AvgIpc) is 2.76. The largest absolute Gasteiger partial charge is 0.340 e. The maximum Gasteiger partial charge on any atom is 0.328 e. The van der Waals surface area contributed by atoms with Gasteiger partial charge in [0.05, 0.1) is 10.9 Å². The van der Waals surface area contributed by atoms with Crippen molar-refractivity contribution < 1.29 is 4.79 Å². The smallest absolute Gasteiger partial charge is 0.328 e. The monoisotopic (exact) mass is 412 g/mol. The van der Waals surface area contributed by atoms with E-state index in [1.807, 2.05) is 17.0 Å². The summed E-state index contributed by atoms with van der Waals surface area (Å²) in [6, 6.07) is 7.64. The number of rotatable bonds is 4. The summed E-state index contributed by atoms with van der Waals surface area (Å²) in [6.07, 6.45) is 3.43. The number of aromatic amines is 1. The second-order valence-corrected chi connectivity index (χ2v) is 9.06. The molecule has 0 spiro atoms. The van der Waals surface area contributed by atoms with Gasteiger partial charge in [-0.05, 0) is 57.6 Å². The molecule has 1 N–H and O–H groups in total. The Hall–Kier alpha value is -2.41. The van der Waals surface area contributed by atoms with Crippen LogP contribution in [0.25, 0.3) is 10.9 Å². The molecule has 0 atom stereocenters. The van der Waals surface area contributed by atoms with Crippen molar-refractivity contribution in [3.63, 3.8) is 0 Å². The first kappa shape index (κ1) is 20.8. The molecule has 30 heavy (non-hydrogen) atoms. The minimum atomic E-state index is -0.347. The molecule has 1 aliphatic carbocycles. The number of carbonyl (C=O) groups excluding carboxylic acids is 1. The molecule has 1 saturated heterocycles. The lowest BCUT2D eigenvalue weighted by Crippen LogP contribution is -2.52. The molecule has 2 fully saturated rings. The Kier molecular flexibility index (Phi) is 6.09. The zero-order chi connectivity index (χ0) is 21.3. The third kappa shape index (κ3) is 4.21. The number of fused-ring (bicyclic) bond motifs is 1. The van der Waals surface area contributed by atoms with Crippen LogP contribution in [0, 0.1) is 11.8 Å². The molecule has 7 heteroatoms. The molecule has 2 aromatic rings. The van der Waals surface area contributed by atoms with Crippen LogP contribution >= 0.6 is 0 Å². The maximum atomic E-state index is 12.9. The van der Waals surface area contributed by atoms with E-state index >= 15 is 0 Å². The first-order valence-corrected chi connectivity index (χ1v) is 11.2. The molecule has 2 heterocycles. The summed E-state index contributed by atoms with van der Waals surface area (Å²) in [7, 11) is 0. The van der Waals surface area contributed by atoms with Gasteiger partial charge in [0, 0.05) is 44.7 Å². The molecular weight excluding hydrogens is 380 g/mol. The molecule has 0 unspecified atom stereocenters. The molecule has 1 aliphatic heterocycles. The second-order valence-electron chi connectivity index (χ2n) is 9.06. The highest BCUT2D eigenvalue weighted by Gasteiger charge is 2.31. The number of nitrogens with zero attached hydrogens (tertiary/aromatic N) is 3. The van der Waals surface area contributed by atoms with Crippen LogP contribution in [0.15, 0.2) is 33.9 Å². The van der Waals surface area contributed by atoms with E-state index in [0.717, 1.165) is 51.9 Å². The highest BCUT2D eigenvalue weighted by Crippen LogP contribution is 2.31. The summed E-state index contributed by atoms with van der Waals surface area (Å²) >= 11 is 0. The number of piperazine rings is 1. The zero-order valence-electron chi connectivity index (χ0n) is 18.0. The molecule has 162 valence electrons. The topological polar surface area (TPSA) is 78.4 Å². The minimum absolute atomic E-state index is 0.0819. The Labute approximate surface area is 176 Å². The number of hydrogen-bond donors (Lipinski definition) is 1. The van der Waals surface area contributed by atoms with E-state index in [2.05, 4.69) is 23.7 Å². The Bertz CT molecular complexity index is 1010. The molecule has 1 aromatic heterocycles. The highest BCUT2D eigenvalue weighted by atomic mass is 16.2. The van der Waals surface area contributed by atoms with Crippen LogP contribution in [0.1, 0.15) is 39.5 Å². The lowest BCUT2D eigenvalue weighted by Gasteiger charge is -2.39.